The SMILES string of the molecule is CCOC1CC(NC(=O)CCc2cccc([N+](=O)[O-])c2)(C(=O)O)C1(C)C. The number of amides is 1. The van der Waals surface area contributed by atoms with E-state index in [2.05, 4.69) is 5.32 Å². The second-order valence-corrected chi connectivity index (χ2v) is 7.06. The van der Waals surface area contributed by atoms with Crippen molar-refractivity contribution < 1.29 is 24.4 Å². The van der Waals surface area contributed by atoms with Crippen molar-refractivity contribution in [3.05, 3.63) is 39.9 Å². The van der Waals surface area contributed by atoms with Crippen LogP contribution < -0.4 is 5.32 Å². The molecule has 0 heterocycles. The Balaban J connectivity index is 2.03. The van der Waals surface area contributed by atoms with Gasteiger partial charge < -0.3 is 15.2 Å². The summed E-state index contributed by atoms with van der Waals surface area (Å²) in [6.45, 7) is 5.86. The van der Waals surface area contributed by atoms with E-state index in [0.29, 0.717) is 18.6 Å². The lowest BCUT2D eigenvalue weighted by atomic mass is 9.54. The third kappa shape index (κ3) is 3.55. The van der Waals surface area contributed by atoms with Gasteiger partial charge in [0.25, 0.3) is 5.69 Å². The van der Waals surface area contributed by atoms with E-state index in [4.69, 9.17) is 4.74 Å². The van der Waals surface area contributed by atoms with Crippen LogP contribution in [0.15, 0.2) is 24.3 Å². The summed E-state index contributed by atoms with van der Waals surface area (Å²) in [4.78, 5) is 34.5. The average molecular weight is 364 g/mol. The molecule has 0 saturated heterocycles. The summed E-state index contributed by atoms with van der Waals surface area (Å²) in [7, 11) is 0. The van der Waals surface area contributed by atoms with Crippen molar-refractivity contribution >= 4 is 17.6 Å². The first-order valence-electron chi connectivity index (χ1n) is 8.53. The van der Waals surface area contributed by atoms with Crippen molar-refractivity contribution in [1.29, 1.82) is 0 Å². The topological polar surface area (TPSA) is 119 Å². The summed E-state index contributed by atoms with van der Waals surface area (Å²) in [5, 5.41) is 23.2. The molecule has 8 heteroatoms. The molecule has 0 bridgehead atoms. The number of aliphatic carboxylic acids is 1. The van der Waals surface area contributed by atoms with E-state index in [1.54, 1.807) is 26.0 Å². The fraction of sp³-hybridized carbons (Fsp3) is 0.556. The molecule has 1 aliphatic rings. The number of nitro groups is 1. The molecule has 8 nitrogen and oxygen atoms in total. The molecule has 0 aliphatic heterocycles. The number of carboxylic acids is 1. The largest absolute Gasteiger partial charge is 0.479 e. The van der Waals surface area contributed by atoms with Gasteiger partial charge in [-0.05, 0) is 18.9 Å². The number of aryl methyl sites for hydroxylation is 1. The molecular weight excluding hydrogens is 340 g/mol. The van der Waals surface area contributed by atoms with Gasteiger partial charge >= 0.3 is 5.97 Å². The second kappa shape index (κ2) is 7.41. The first-order chi connectivity index (χ1) is 12.1. The van der Waals surface area contributed by atoms with Crippen LogP contribution in [-0.4, -0.2) is 40.2 Å². The summed E-state index contributed by atoms with van der Waals surface area (Å²) < 4.78 is 5.57. The van der Waals surface area contributed by atoms with Gasteiger partial charge in [0.2, 0.25) is 5.91 Å². The third-order valence-electron chi connectivity index (χ3n) is 5.24. The van der Waals surface area contributed by atoms with Gasteiger partial charge in [-0.15, -0.1) is 0 Å². The van der Waals surface area contributed by atoms with Crippen molar-refractivity contribution in [1.82, 2.24) is 5.32 Å². The first-order valence-corrected chi connectivity index (χ1v) is 8.53. The predicted molar refractivity (Wildman–Crippen MR) is 93.7 cm³/mol. The number of hydrogen-bond acceptors (Lipinski definition) is 5. The zero-order valence-electron chi connectivity index (χ0n) is 15.2. The van der Waals surface area contributed by atoms with Gasteiger partial charge in [0.15, 0.2) is 0 Å². The van der Waals surface area contributed by atoms with E-state index < -0.39 is 27.8 Å². The van der Waals surface area contributed by atoms with Crippen molar-refractivity contribution in [2.24, 2.45) is 5.41 Å². The van der Waals surface area contributed by atoms with E-state index in [1.165, 1.54) is 12.1 Å². The minimum absolute atomic E-state index is 0.0374. The Morgan fingerprint density at radius 3 is 2.65 bits per heavy atom. The number of nitro benzene ring substituents is 1. The smallest absolute Gasteiger partial charge is 0.330 e. The van der Waals surface area contributed by atoms with Gasteiger partial charge in [-0.25, -0.2) is 4.79 Å². The molecule has 0 aromatic heterocycles. The molecule has 1 fully saturated rings. The summed E-state index contributed by atoms with van der Waals surface area (Å²) in [6.07, 6.45) is 0.316. The number of non-ortho nitro benzene ring substituents is 1. The fourth-order valence-electron chi connectivity index (χ4n) is 3.42. The molecule has 1 amide bonds. The van der Waals surface area contributed by atoms with Crippen LogP contribution in [0.5, 0.6) is 0 Å². The van der Waals surface area contributed by atoms with Crippen LogP contribution in [0.2, 0.25) is 0 Å². The van der Waals surface area contributed by atoms with Crippen LogP contribution in [0.4, 0.5) is 5.69 Å². The minimum atomic E-state index is -1.37. The Hall–Kier alpha value is -2.48. The Morgan fingerprint density at radius 2 is 2.12 bits per heavy atom. The number of hydrogen-bond donors (Lipinski definition) is 2. The lowest BCUT2D eigenvalue weighted by Crippen LogP contribution is -2.76. The van der Waals surface area contributed by atoms with E-state index in [0.717, 1.165) is 0 Å². The number of benzene rings is 1. The van der Waals surface area contributed by atoms with Gasteiger partial charge in [0.05, 0.1) is 11.0 Å². The predicted octanol–water partition coefficient (Wildman–Crippen LogP) is 2.30. The number of ether oxygens (including phenoxy) is 1. The van der Waals surface area contributed by atoms with E-state index in [-0.39, 0.29) is 24.6 Å². The zero-order chi connectivity index (χ0) is 19.5. The van der Waals surface area contributed by atoms with Crippen molar-refractivity contribution in [3.8, 4) is 0 Å². The maximum atomic E-state index is 12.4. The number of rotatable bonds is 8. The Bertz CT molecular complexity index is 717. The number of carbonyl (C=O) groups is 2. The van der Waals surface area contributed by atoms with Gasteiger partial charge in [-0.2, -0.15) is 0 Å². The first kappa shape index (κ1) is 19.8. The van der Waals surface area contributed by atoms with Crippen LogP contribution in [0.3, 0.4) is 0 Å². The monoisotopic (exact) mass is 364 g/mol. The summed E-state index contributed by atoms with van der Waals surface area (Å²) in [5.41, 5.74) is -1.49. The summed E-state index contributed by atoms with van der Waals surface area (Å²) >= 11 is 0. The van der Waals surface area contributed by atoms with Gasteiger partial charge in [-0.1, -0.05) is 26.0 Å². The molecule has 1 aromatic carbocycles. The van der Waals surface area contributed by atoms with Crippen LogP contribution in [-0.2, 0) is 20.7 Å². The van der Waals surface area contributed by atoms with Crippen LogP contribution >= 0.6 is 0 Å². The van der Waals surface area contributed by atoms with Crippen LogP contribution in [0.25, 0.3) is 0 Å². The lowest BCUT2D eigenvalue weighted by Gasteiger charge is -2.58. The Labute approximate surface area is 151 Å². The molecule has 2 unspecified atom stereocenters. The summed E-state index contributed by atoms with van der Waals surface area (Å²) in [5.74, 6) is -1.48. The van der Waals surface area contributed by atoms with Gasteiger partial charge in [0, 0.05) is 37.0 Å². The maximum Gasteiger partial charge on any atom is 0.330 e. The highest BCUT2D eigenvalue weighted by atomic mass is 16.6. The van der Waals surface area contributed by atoms with Crippen LogP contribution in [0.1, 0.15) is 39.2 Å². The molecule has 142 valence electrons. The number of nitrogens with one attached hydrogen (secondary N) is 1. The zero-order valence-corrected chi connectivity index (χ0v) is 15.2. The second-order valence-electron chi connectivity index (χ2n) is 7.06. The highest BCUT2D eigenvalue weighted by Gasteiger charge is 2.66. The molecule has 26 heavy (non-hydrogen) atoms. The quantitative estimate of drug-likeness (QED) is 0.540. The standard InChI is InChI=1S/C18H24N2O6/c1-4-26-14-11-18(16(22)23,17(14,2)3)19-15(21)9-8-12-6-5-7-13(10-12)20(24)25/h5-7,10,14H,4,8-9,11H2,1-3H3,(H,19,21)(H,22,23). The van der Waals surface area contributed by atoms with Crippen molar-refractivity contribution in [3.63, 3.8) is 0 Å². The van der Waals surface area contributed by atoms with E-state index in [9.17, 15) is 24.8 Å². The number of carbonyl (C=O) groups excluding carboxylic acids is 1. The third-order valence-corrected chi connectivity index (χ3v) is 5.24. The molecule has 1 saturated carbocycles. The van der Waals surface area contributed by atoms with Gasteiger partial charge in [0.1, 0.15) is 5.54 Å². The Morgan fingerprint density at radius 1 is 1.42 bits per heavy atom. The number of nitrogens with zero attached hydrogens (tertiary/aromatic N) is 1. The van der Waals surface area contributed by atoms with Crippen molar-refractivity contribution in [2.75, 3.05) is 6.61 Å². The number of carboxylic acid groups (broad SMARTS) is 1. The minimum Gasteiger partial charge on any atom is -0.479 e. The normalized spacial score (nSPS) is 23.7. The lowest BCUT2D eigenvalue weighted by molar-refractivity contribution is -0.384. The summed E-state index contributed by atoms with van der Waals surface area (Å²) in [6, 6.07) is 6.06. The van der Waals surface area contributed by atoms with Crippen molar-refractivity contribution in [2.45, 2.75) is 51.7 Å². The molecule has 2 N–H and O–H groups in total. The molecule has 1 aliphatic carbocycles. The molecule has 1 aromatic rings. The average Bonchev–Trinajstić information content (AvgIpc) is 2.58. The molecule has 0 radical (unpaired) electrons. The van der Waals surface area contributed by atoms with E-state index >= 15 is 0 Å². The molecule has 2 atom stereocenters. The molecular formula is C18H24N2O6. The van der Waals surface area contributed by atoms with E-state index in [1.807, 2.05) is 6.92 Å². The van der Waals surface area contributed by atoms with Gasteiger partial charge in [-0.3, -0.25) is 14.9 Å². The Kier molecular flexibility index (Phi) is 5.65. The molecule has 2 rings (SSSR count). The highest BCUT2D eigenvalue weighted by molar-refractivity contribution is 5.89. The fourth-order valence-corrected chi connectivity index (χ4v) is 3.42. The maximum absolute atomic E-state index is 12.4. The molecule has 0 spiro atoms. The highest BCUT2D eigenvalue weighted by Crippen LogP contribution is 2.51. The van der Waals surface area contributed by atoms with Crippen LogP contribution in [0, 0.1) is 15.5 Å².